The molecule has 1 amide bonds. The number of ether oxygens (including phenoxy) is 1. The van der Waals surface area contributed by atoms with E-state index in [4.69, 9.17) is 16.3 Å². The molecule has 0 aliphatic heterocycles. The van der Waals surface area contributed by atoms with Gasteiger partial charge in [0.2, 0.25) is 0 Å². The normalized spacial score (nSPS) is 10.7. The van der Waals surface area contributed by atoms with Gasteiger partial charge in [0.05, 0.1) is 12.3 Å². The van der Waals surface area contributed by atoms with Crippen molar-refractivity contribution in [2.24, 2.45) is 0 Å². The second kappa shape index (κ2) is 7.46. The van der Waals surface area contributed by atoms with Crippen molar-refractivity contribution in [2.45, 2.75) is 13.5 Å². The number of carbonyl (C=O) groups is 1. The number of aromatic nitrogens is 3. The molecule has 0 spiro atoms. The van der Waals surface area contributed by atoms with Crippen LogP contribution in [0.1, 0.15) is 21.7 Å². The van der Waals surface area contributed by atoms with Crippen molar-refractivity contribution >= 4 is 23.2 Å². The zero-order chi connectivity index (χ0) is 17.8. The Morgan fingerprint density at radius 1 is 1.20 bits per heavy atom. The molecule has 1 heterocycles. The maximum atomic E-state index is 12.7. The first-order chi connectivity index (χ1) is 12.1. The maximum Gasteiger partial charge on any atom is 0.278 e. The third kappa shape index (κ3) is 3.55. The topological polar surface area (TPSA) is 69.0 Å². The van der Waals surface area contributed by atoms with Gasteiger partial charge in [0.1, 0.15) is 5.69 Å². The van der Waals surface area contributed by atoms with Crippen molar-refractivity contribution in [1.29, 1.82) is 0 Å². The standard InChI is InChI=1S/C18H17ClN4O2/c1-12-14(19)9-6-10-15(12)20-18(24)17-16(11-25-2)23(22-21-17)13-7-4-3-5-8-13/h3-10H,11H2,1-2H3,(H,20,24). The summed E-state index contributed by atoms with van der Waals surface area (Å²) in [5.74, 6) is -0.361. The molecule has 3 aromatic rings. The number of hydrogen-bond acceptors (Lipinski definition) is 4. The minimum atomic E-state index is -0.361. The summed E-state index contributed by atoms with van der Waals surface area (Å²) in [6.07, 6.45) is 0. The largest absolute Gasteiger partial charge is 0.378 e. The number of hydrogen-bond donors (Lipinski definition) is 1. The van der Waals surface area contributed by atoms with Gasteiger partial charge in [-0.05, 0) is 36.8 Å². The van der Waals surface area contributed by atoms with Gasteiger partial charge in [0, 0.05) is 17.8 Å². The molecule has 0 aliphatic carbocycles. The Balaban J connectivity index is 1.95. The lowest BCUT2D eigenvalue weighted by molar-refractivity contribution is 0.101. The molecule has 128 valence electrons. The number of methoxy groups -OCH3 is 1. The highest BCUT2D eigenvalue weighted by molar-refractivity contribution is 6.31. The van der Waals surface area contributed by atoms with Gasteiger partial charge in [-0.1, -0.05) is 41.1 Å². The lowest BCUT2D eigenvalue weighted by atomic mass is 10.2. The van der Waals surface area contributed by atoms with E-state index < -0.39 is 0 Å². The average molecular weight is 357 g/mol. The van der Waals surface area contributed by atoms with E-state index >= 15 is 0 Å². The Morgan fingerprint density at radius 3 is 2.68 bits per heavy atom. The summed E-state index contributed by atoms with van der Waals surface area (Å²) >= 11 is 6.11. The second-order valence-electron chi connectivity index (χ2n) is 5.43. The number of carbonyl (C=O) groups excluding carboxylic acids is 1. The number of nitrogens with zero attached hydrogens (tertiary/aromatic N) is 3. The highest BCUT2D eigenvalue weighted by atomic mass is 35.5. The van der Waals surface area contributed by atoms with Crippen molar-refractivity contribution in [3.63, 3.8) is 0 Å². The fourth-order valence-electron chi connectivity index (χ4n) is 2.45. The first kappa shape index (κ1) is 17.1. The molecule has 0 atom stereocenters. The SMILES string of the molecule is COCc1c(C(=O)Nc2cccc(Cl)c2C)nnn1-c1ccccc1. The van der Waals surface area contributed by atoms with E-state index in [9.17, 15) is 4.79 Å². The lowest BCUT2D eigenvalue weighted by Crippen LogP contribution is -2.16. The van der Waals surface area contributed by atoms with Crippen LogP contribution in [-0.4, -0.2) is 28.0 Å². The summed E-state index contributed by atoms with van der Waals surface area (Å²) in [5.41, 5.74) is 3.02. The van der Waals surface area contributed by atoms with E-state index in [-0.39, 0.29) is 18.2 Å². The van der Waals surface area contributed by atoms with E-state index in [2.05, 4.69) is 15.6 Å². The van der Waals surface area contributed by atoms with Gasteiger partial charge in [0.15, 0.2) is 5.69 Å². The van der Waals surface area contributed by atoms with Gasteiger partial charge in [-0.15, -0.1) is 5.10 Å². The van der Waals surface area contributed by atoms with Crippen LogP contribution in [0.2, 0.25) is 5.02 Å². The molecule has 6 nitrogen and oxygen atoms in total. The van der Waals surface area contributed by atoms with Crippen LogP contribution in [0, 0.1) is 6.92 Å². The Kier molecular flexibility index (Phi) is 5.11. The Labute approximate surface area is 150 Å². The van der Waals surface area contributed by atoms with Crippen molar-refractivity contribution < 1.29 is 9.53 Å². The van der Waals surface area contributed by atoms with Crippen LogP contribution in [0.5, 0.6) is 0 Å². The van der Waals surface area contributed by atoms with Crippen LogP contribution in [-0.2, 0) is 11.3 Å². The van der Waals surface area contributed by atoms with Gasteiger partial charge in [-0.2, -0.15) is 0 Å². The predicted molar refractivity (Wildman–Crippen MR) is 96.2 cm³/mol. The summed E-state index contributed by atoms with van der Waals surface area (Å²) < 4.78 is 6.83. The van der Waals surface area contributed by atoms with E-state index in [1.54, 1.807) is 30.0 Å². The van der Waals surface area contributed by atoms with Crippen molar-refractivity contribution in [1.82, 2.24) is 15.0 Å². The van der Waals surface area contributed by atoms with E-state index in [0.29, 0.717) is 16.4 Å². The number of anilines is 1. The summed E-state index contributed by atoms with van der Waals surface area (Å²) in [4.78, 5) is 12.7. The van der Waals surface area contributed by atoms with Crippen molar-refractivity contribution in [3.8, 4) is 5.69 Å². The molecule has 1 aromatic heterocycles. The monoisotopic (exact) mass is 356 g/mol. The van der Waals surface area contributed by atoms with Crippen molar-refractivity contribution in [2.75, 3.05) is 12.4 Å². The Bertz CT molecular complexity index is 893. The smallest absolute Gasteiger partial charge is 0.278 e. The van der Waals surface area contributed by atoms with Gasteiger partial charge in [0.25, 0.3) is 5.91 Å². The quantitative estimate of drug-likeness (QED) is 0.758. The molecular formula is C18H17ClN4O2. The molecular weight excluding hydrogens is 340 g/mol. The first-order valence-corrected chi connectivity index (χ1v) is 8.05. The summed E-state index contributed by atoms with van der Waals surface area (Å²) in [6.45, 7) is 2.05. The number of halogens is 1. The molecule has 2 aromatic carbocycles. The molecule has 0 aliphatic rings. The Hall–Kier alpha value is -2.70. The van der Waals surface area contributed by atoms with Crippen LogP contribution in [0.25, 0.3) is 5.69 Å². The van der Waals surface area contributed by atoms with Crippen LogP contribution in [0.4, 0.5) is 5.69 Å². The van der Waals surface area contributed by atoms with E-state index in [1.807, 2.05) is 37.3 Å². The molecule has 0 fully saturated rings. The lowest BCUT2D eigenvalue weighted by Gasteiger charge is -2.10. The number of benzene rings is 2. The van der Waals surface area contributed by atoms with Crippen LogP contribution in [0.15, 0.2) is 48.5 Å². The third-order valence-corrected chi connectivity index (χ3v) is 4.19. The van der Waals surface area contributed by atoms with Gasteiger partial charge < -0.3 is 10.1 Å². The second-order valence-corrected chi connectivity index (χ2v) is 5.84. The van der Waals surface area contributed by atoms with E-state index in [0.717, 1.165) is 11.3 Å². The number of nitrogens with one attached hydrogen (secondary N) is 1. The molecule has 0 bridgehead atoms. The molecule has 0 saturated heterocycles. The molecule has 3 rings (SSSR count). The van der Waals surface area contributed by atoms with Gasteiger partial charge in [-0.3, -0.25) is 4.79 Å². The molecule has 0 saturated carbocycles. The molecule has 1 N–H and O–H groups in total. The van der Waals surface area contributed by atoms with Crippen molar-refractivity contribution in [3.05, 3.63) is 70.5 Å². The molecule has 0 radical (unpaired) electrons. The molecule has 0 unspecified atom stereocenters. The highest BCUT2D eigenvalue weighted by Gasteiger charge is 2.21. The number of amides is 1. The number of para-hydroxylation sites is 1. The highest BCUT2D eigenvalue weighted by Crippen LogP contribution is 2.24. The third-order valence-electron chi connectivity index (χ3n) is 3.78. The minimum absolute atomic E-state index is 0.208. The summed E-state index contributed by atoms with van der Waals surface area (Å²) in [7, 11) is 1.56. The number of rotatable bonds is 5. The average Bonchev–Trinajstić information content (AvgIpc) is 3.04. The Morgan fingerprint density at radius 2 is 1.96 bits per heavy atom. The molecule has 7 heteroatoms. The molecule has 25 heavy (non-hydrogen) atoms. The predicted octanol–water partition coefficient (Wildman–Crippen LogP) is 3.63. The van der Waals surface area contributed by atoms with Gasteiger partial charge >= 0.3 is 0 Å². The zero-order valence-corrected chi connectivity index (χ0v) is 14.6. The first-order valence-electron chi connectivity index (χ1n) is 7.67. The zero-order valence-electron chi connectivity index (χ0n) is 13.9. The van der Waals surface area contributed by atoms with Gasteiger partial charge in [-0.25, -0.2) is 4.68 Å². The maximum absolute atomic E-state index is 12.7. The summed E-state index contributed by atoms with van der Waals surface area (Å²) in [5, 5.41) is 11.6. The van der Waals surface area contributed by atoms with Crippen LogP contribution in [0.3, 0.4) is 0 Å². The minimum Gasteiger partial charge on any atom is -0.378 e. The fraction of sp³-hybridized carbons (Fsp3) is 0.167. The van der Waals surface area contributed by atoms with E-state index in [1.165, 1.54) is 0 Å². The fourth-order valence-corrected chi connectivity index (χ4v) is 2.62. The van der Waals surface area contributed by atoms with Crippen LogP contribution >= 0.6 is 11.6 Å². The van der Waals surface area contributed by atoms with Crippen LogP contribution < -0.4 is 5.32 Å². The summed E-state index contributed by atoms with van der Waals surface area (Å²) in [6, 6.07) is 14.8.